The molecule has 5 nitrogen and oxygen atoms in total. The highest BCUT2D eigenvalue weighted by atomic mass is 16.3. The molecule has 0 aliphatic rings. The number of rotatable bonds is 3. The van der Waals surface area contributed by atoms with Crippen LogP contribution in [-0.4, -0.2) is 17.6 Å². The number of oxazole rings is 1. The summed E-state index contributed by atoms with van der Waals surface area (Å²) in [6.45, 7) is 4.68. The van der Waals surface area contributed by atoms with E-state index < -0.39 is 0 Å². The van der Waals surface area contributed by atoms with E-state index in [2.05, 4.69) is 15.6 Å². The van der Waals surface area contributed by atoms with Crippen LogP contribution in [0.15, 0.2) is 10.8 Å². The molecule has 0 unspecified atom stereocenters. The number of amides is 2. The molecular formula is C8H13N3O2. The molecule has 0 saturated carbocycles. The molecule has 0 fully saturated rings. The molecule has 0 atom stereocenters. The number of nitrogens with zero attached hydrogens (tertiary/aromatic N) is 1. The molecular weight excluding hydrogens is 170 g/mol. The maximum Gasteiger partial charge on any atom is 0.315 e. The number of hydrogen-bond donors (Lipinski definition) is 2. The Morgan fingerprint density at radius 1 is 1.62 bits per heavy atom. The Labute approximate surface area is 76.5 Å². The SMILES string of the molecule is CCNC(=O)NCc1ncoc1C. The number of carbonyl (C=O) groups is 1. The van der Waals surface area contributed by atoms with Gasteiger partial charge in [0, 0.05) is 6.54 Å². The Morgan fingerprint density at radius 3 is 2.92 bits per heavy atom. The first-order valence-corrected chi connectivity index (χ1v) is 4.14. The molecule has 1 aromatic rings. The van der Waals surface area contributed by atoms with Gasteiger partial charge in [0.05, 0.1) is 6.54 Å². The van der Waals surface area contributed by atoms with Crippen molar-refractivity contribution in [1.29, 1.82) is 0 Å². The van der Waals surface area contributed by atoms with Crippen LogP contribution in [0.3, 0.4) is 0 Å². The van der Waals surface area contributed by atoms with E-state index in [4.69, 9.17) is 4.42 Å². The minimum atomic E-state index is -0.190. The second-order valence-corrected chi connectivity index (χ2v) is 2.57. The zero-order valence-electron chi connectivity index (χ0n) is 7.76. The maximum atomic E-state index is 11.0. The van der Waals surface area contributed by atoms with Crippen LogP contribution in [0.4, 0.5) is 4.79 Å². The summed E-state index contributed by atoms with van der Waals surface area (Å²) in [5.74, 6) is 0.733. The van der Waals surface area contributed by atoms with E-state index in [0.717, 1.165) is 11.5 Å². The van der Waals surface area contributed by atoms with E-state index in [0.29, 0.717) is 13.1 Å². The number of aromatic nitrogens is 1. The fourth-order valence-corrected chi connectivity index (χ4v) is 0.885. The Balaban J connectivity index is 2.35. The van der Waals surface area contributed by atoms with Crippen molar-refractivity contribution in [3.63, 3.8) is 0 Å². The van der Waals surface area contributed by atoms with E-state index in [1.54, 1.807) is 0 Å². The average Bonchev–Trinajstić information content (AvgIpc) is 2.48. The first-order valence-electron chi connectivity index (χ1n) is 4.14. The van der Waals surface area contributed by atoms with Gasteiger partial charge < -0.3 is 15.1 Å². The summed E-state index contributed by atoms with van der Waals surface area (Å²) in [6, 6.07) is -0.190. The Kier molecular flexibility index (Phi) is 3.31. The third-order valence-electron chi connectivity index (χ3n) is 1.60. The molecule has 0 radical (unpaired) electrons. The molecule has 0 bridgehead atoms. The standard InChI is InChI=1S/C8H13N3O2/c1-3-9-8(12)10-4-7-6(2)13-5-11-7/h5H,3-4H2,1-2H3,(H2,9,10,12). The summed E-state index contributed by atoms with van der Waals surface area (Å²) in [4.78, 5) is 14.9. The number of nitrogens with one attached hydrogen (secondary N) is 2. The molecule has 0 aliphatic carbocycles. The van der Waals surface area contributed by atoms with Crippen molar-refractivity contribution in [3.05, 3.63) is 17.8 Å². The van der Waals surface area contributed by atoms with E-state index in [9.17, 15) is 4.79 Å². The second kappa shape index (κ2) is 4.49. The van der Waals surface area contributed by atoms with Crippen molar-refractivity contribution >= 4 is 6.03 Å². The quantitative estimate of drug-likeness (QED) is 0.728. The predicted octanol–water partition coefficient (Wildman–Crippen LogP) is 0.802. The van der Waals surface area contributed by atoms with Gasteiger partial charge in [-0.05, 0) is 13.8 Å². The monoisotopic (exact) mass is 183 g/mol. The highest BCUT2D eigenvalue weighted by Gasteiger charge is 2.04. The first-order chi connectivity index (χ1) is 6.24. The fraction of sp³-hybridized carbons (Fsp3) is 0.500. The summed E-state index contributed by atoms with van der Waals surface area (Å²) >= 11 is 0. The molecule has 1 heterocycles. The Bertz CT molecular complexity index is 283. The summed E-state index contributed by atoms with van der Waals surface area (Å²) in [6.07, 6.45) is 1.37. The molecule has 72 valence electrons. The van der Waals surface area contributed by atoms with Crippen molar-refractivity contribution in [2.45, 2.75) is 20.4 Å². The topological polar surface area (TPSA) is 67.2 Å². The lowest BCUT2D eigenvalue weighted by molar-refractivity contribution is 0.241. The molecule has 0 spiro atoms. The maximum absolute atomic E-state index is 11.0. The Hall–Kier alpha value is -1.52. The molecule has 5 heteroatoms. The summed E-state index contributed by atoms with van der Waals surface area (Å²) in [7, 11) is 0. The summed E-state index contributed by atoms with van der Waals surface area (Å²) < 4.78 is 4.97. The lowest BCUT2D eigenvalue weighted by Crippen LogP contribution is -2.34. The van der Waals surface area contributed by atoms with Crippen molar-refractivity contribution in [3.8, 4) is 0 Å². The molecule has 13 heavy (non-hydrogen) atoms. The second-order valence-electron chi connectivity index (χ2n) is 2.57. The molecule has 2 amide bonds. The zero-order chi connectivity index (χ0) is 9.68. The number of aryl methyl sites for hydroxylation is 1. The predicted molar refractivity (Wildman–Crippen MR) is 47.2 cm³/mol. The van der Waals surface area contributed by atoms with Crippen LogP contribution in [0.2, 0.25) is 0 Å². The fourth-order valence-electron chi connectivity index (χ4n) is 0.885. The molecule has 0 aromatic carbocycles. The van der Waals surface area contributed by atoms with Crippen LogP contribution in [0, 0.1) is 6.92 Å². The van der Waals surface area contributed by atoms with Gasteiger partial charge in [0.15, 0.2) is 6.39 Å². The lowest BCUT2D eigenvalue weighted by atomic mass is 10.4. The van der Waals surface area contributed by atoms with Crippen LogP contribution in [-0.2, 0) is 6.54 Å². The Morgan fingerprint density at radius 2 is 2.38 bits per heavy atom. The van der Waals surface area contributed by atoms with Crippen LogP contribution in [0.25, 0.3) is 0 Å². The minimum absolute atomic E-state index is 0.190. The minimum Gasteiger partial charge on any atom is -0.448 e. The lowest BCUT2D eigenvalue weighted by Gasteiger charge is -2.03. The van der Waals surface area contributed by atoms with E-state index >= 15 is 0 Å². The molecule has 1 rings (SSSR count). The van der Waals surface area contributed by atoms with Gasteiger partial charge in [-0.3, -0.25) is 0 Å². The first kappa shape index (κ1) is 9.57. The zero-order valence-corrected chi connectivity index (χ0v) is 7.76. The third-order valence-corrected chi connectivity index (χ3v) is 1.60. The normalized spacial score (nSPS) is 9.69. The molecule has 2 N–H and O–H groups in total. The van der Waals surface area contributed by atoms with Gasteiger partial charge in [-0.2, -0.15) is 0 Å². The van der Waals surface area contributed by atoms with Gasteiger partial charge in [0.1, 0.15) is 11.5 Å². The highest BCUT2D eigenvalue weighted by molar-refractivity contribution is 5.73. The van der Waals surface area contributed by atoms with E-state index in [1.165, 1.54) is 6.39 Å². The molecule has 0 aliphatic heterocycles. The van der Waals surface area contributed by atoms with Crippen molar-refractivity contribution in [1.82, 2.24) is 15.6 Å². The number of carbonyl (C=O) groups excluding carboxylic acids is 1. The van der Waals surface area contributed by atoms with Crippen LogP contribution in [0.1, 0.15) is 18.4 Å². The largest absolute Gasteiger partial charge is 0.448 e. The van der Waals surface area contributed by atoms with Gasteiger partial charge in [-0.25, -0.2) is 9.78 Å². The average molecular weight is 183 g/mol. The van der Waals surface area contributed by atoms with Crippen LogP contribution >= 0.6 is 0 Å². The van der Waals surface area contributed by atoms with Gasteiger partial charge >= 0.3 is 6.03 Å². The number of hydrogen-bond acceptors (Lipinski definition) is 3. The van der Waals surface area contributed by atoms with Crippen LogP contribution in [0.5, 0.6) is 0 Å². The molecule has 0 saturated heterocycles. The van der Waals surface area contributed by atoms with Gasteiger partial charge in [-0.15, -0.1) is 0 Å². The van der Waals surface area contributed by atoms with Crippen molar-refractivity contribution in [2.75, 3.05) is 6.54 Å². The molecule has 1 aromatic heterocycles. The smallest absolute Gasteiger partial charge is 0.315 e. The summed E-state index contributed by atoms with van der Waals surface area (Å²) in [5, 5.41) is 5.27. The van der Waals surface area contributed by atoms with E-state index in [1.807, 2.05) is 13.8 Å². The van der Waals surface area contributed by atoms with Gasteiger partial charge in [0.25, 0.3) is 0 Å². The summed E-state index contributed by atoms with van der Waals surface area (Å²) in [5.41, 5.74) is 0.756. The van der Waals surface area contributed by atoms with Gasteiger partial charge in [-0.1, -0.05) is 0 Å². The van der Waals surface area contributed by atoms with Crippen molar-refractivity contribution < 1.29 is 9.21 Å². The third kappa shape index (κ3) is 2.77. The van der Waals surface area contributed by atoms with Crippen LogP contribution < -0.4 is 10.6 Å². The number of urea groups is 1. The highest BCUT2D eigenvalue weighted by Crippen LogP contribution is 2.02. The van der Waals surface area contributed by atoms with Crippen molar-refractivity contribution in [2.24, 2.45) is 0 Å². The van der Waals surface area contributed by atoms with Gasteiger partial charge in [0.2, 0.25) is 0 Å². The van der Waals surface area contributed by atoms with E-state index in [-0.39, 0.29) is 6.03 Å².